The number of pyridine rings is 1. The summed E-state index contributed by atoms with van der Waals surface area (Å²) in [5.74, 6) is -0.665. The van der Waals surface area contributed by atoms with Crippen molar-refractivity contribution < 1.29 is 19.4 Å². The SMILES string of the molecule is COC(=O)c1c(NC(=O)C2CC2)c2cc(N[C@@H](C)CC(C)(C)O)cnc2n1Cc1ccccc1. The highest BCUT2D eigenvalue weighted by Gasteiger charge is 2.33. The number of ether oxygens (including phenoxy) is 1. The molecule has 1 atom stereocenters. The molecule has 0 unspecified atom stereocenters. The number of hydrogen-bond donors (Lipinski definition) is 3. The Kier molecular flexibility index (Phi) is 6.61. The van der Waals surface area contributed by atoms with E-state index in [1.54, 1.807) is 24.6 Å². The summed E-state index contributed by atoms with van der Waals surface area (Å²) >= 11 is 0. The molecule has 0 radical (unpaired) electrons. The number of hydrogen-bond acceptors (Lipinski definition) is 6. The van der Waals surface area contributed by atoms with Gasteiger partial charge in [0, 0.05) is 23.9 Å². The van der Waals surface area contributed by atoms with Gasteiger partial charge in [-0.05, 0) is 51.7 Å². The summed E-state index contributed by atoms with van der Waals surface area (Å²) < 4.78 is 6.90. The van der Waals surface area contributed by atoms with Gasteiger partial charge in [0.05, 0.1) is 30.3 Å². The van der Waals surface area contributed by atoms with Gasteiger partial charge in [-0.25, -0.2) is 9.78 Å². The van der Waals surface area contributed by atoms with Crippen molar-refractivity contribution in [2.45, 2.75) is 58.2 Å². The molecule has 0 saturated heterocycles. The smallest absolute Gasteiger partial charge is 0.356 e. The number of rotatable bonds is 9. The average molecular weight is 465 g/mol. The average Bonchev–Trinajstić information content (AvgIpc) is 3.59. The van der Waals surface area contributed by atoms with Gasteiger partial charge >= 0.3 is 5.97 Å². The molecule has 4 rings (SSSR count). The molecule has 8 nitrogen and oxygen atoms in total. The van der Waals surface area contributed by atoms with Crippen molar-refractivity contribution in [3.63, 3.8) is 0 Å². The summed E-state index contributed by atoms with van der Waals surface area (Å²) in [5.41, 5.74) is 2.18. The van der Waals surface area contributed by atoms with Crippen LogP contribution in [-0.4, -0.2) is 45.3 Å². The second-order valence-corrected chi connectivity index (χ2v) is 9.71. The van der Waals surface area contributed by atoms with E-state index in [9.17, 15) is 14.7 Å². The predicted octanol–water partition coefficient (Wildman–Crippen LogP) is 4.18. The minimum atomic E-state index is -0.815. The minimum Gasteiger partial charge on any atom is -0.464 e. The standard InChI is InChI=1S/C26H32N4O4/c1-16(13-26(2,3)33)28-19-12-20-21(29-24(31)18-10-11-18)22(25(32)34-4)30(23(20)27-14-19)15-17-8-6-5-7-9-17/h5-9,12,14,16,18,28,33H,10-11,13,15H2,1-4H3,(H,29,31)/t16-/m0/s1. The molecular weight excluding hydrogens is 432 g/mol. The number of nitrogens with zero attached hydrogens (tertiary/aromatic N) is 2. The second kappa shape index (κ2) is 9.46. The fourth-order valence-electron chi connectivity index (χ4n) is 4.32. The molecule has 2 aromatic heterocycles. The van der Waals surface area contributed by atoms with Gasteiger partial charge in [-0.3, -0.25) is 4.79 Å². The Labute approximate surface area is 199 Å². The maximum atomic E-state index is 12.9. The van der Waals surface area contributed by atoms with E-state index >= 15 is 0 Å². The zero-order valence-corrected chi connectivity index (χ0v) is 20.1. The van der Waals surface area contributed by atoms with Crippen LogP contribution in [0.4, 0.5) is 11.4 Å². The molecule has 8 heteroatoms. The fourth-order valence-corrected chi connectivity index (χ4v) is 4.32. The van der Waals surface area contributed by atoms with Gasteiger partial charge in [0.2, 0.25) is 5.91 Å². The van der Waals surface area contributed by atoms with Crippen molar-refractivity contribution in [2.24, 2.45) is 5.92 Å². The van der Waals surface area contributed by atoms with Crippen molar-refractivity contribution in [1.29, 1.82) is 0 Å². The van der Waals surface area contributed by atoms with Crippen molar-refractivity contribution in [3.05, 3.63) is 53.9 Å². The first kappa shape index (κ1) is 23.8. The molecule has 3 aromatic rings. The van der Waals surface area contributed by atoms with E-state index in [1.165, 1.54) is 7.11 Å². The van der Waals surface area contributed by atoms with Gasteiger partial charge in [0.1, 0.15) is 5.65 Å². The van der Waals surface area contributed by atoms with E-state index in [2.05, 4.69) is 15.6 Å². The number of esters is 1. The third-order valence-electron chi connectivity index (χ3n) is 5.88. The van der Waals surface area contributed by atoms with E-state index in [0.29, 0.717) is 29.7 Å². The number of benzene rings is 1. The summed E-state index contributed by atoms with van der Waals surface area (Å²) in [6.07, 6.45) is 3.94. The van der Waals surface area contributed by atoms with Crippen LogP contribution in [0.2, 0.25) is 0 Å². The Morgan fingerprint density at radius 2 is 1.97 bits per heavy atom. The fraction of sp³-hybridized carbons (Fsp3) is 0.423. The normalized spacial score (nSPS) is 14.6. The first-order valence-electron chi connectivity index (χ1n) is 11.6. The Hall–Kier alpha value is -3.39. The molecule has 180 valence electrons. The van der Waals surface area contributed by atoms with Crippen molar-refractivity contribution in [3.8, 4) is 0 Å². The van der Waals surface area contributed by atoms with Crippen LogP contribution < -0.4 is 10.6 Å². The monoisotopic (exact) mass is 464 g/mol. The number of methoxy groups -OCH3 is 1. The van der Waals surface area contributed by atoms with Crippen molar-refractivity contribution >= 4 is 34.3 Å². The highest BCUT2D eigenvalue weighted by Crippen LogP contribution is 2.36. The van der Waals surface area contributed by atoms with Gasteiger partial charge in [0.15, 0.2) is 5.69 Å². The topological polar surface area (TPSA) is 105 Å². The zero-order chi connectivity index (χ0) is 24.5. The van der Waals surface area contributed by atoms with E-state index in [-0.39, 0.29) is 23.6 Å². The lowest BCUT2D eigenvalue weighted by atomic mass is 10.0. The van der Waals surface area contributed by atoms with Crippen LogP contribution in [0, 0.1) is 5.92 Å². The first-order chi connectivity index (χ1) is 16.2. The highest BCUT2D eigenvalue weighted by atomic mass is 16.5. The Morgan fingerprint density at radius 3 is 2.59 bits per heavy atom. The number of amides is 1. The summed E-state index contributed by atoms with van der Waals surface area (Å²) in [4.78, 5) is 30.3. The Morgan fingerprint density at radius 1 is 1.26 bits per heavy atom. The minimum absolute atomic E-state index is 0.0183. The van der Waals surface area contributed by atoms with Crippen LogP contribution in [0.3, 0.4) is 0 Å². The molecule has 1 saturated carbocycles. The summed E-state index contributed by atoms with van der Waals surface area (Å²) in [6.45, 7) is 5.92. The molecule has 1 fully saturated rings. The quantitative estimate of drug-likeness (QED) is 0.410. The van der Waals surface area contributed by atoms with Gasteiger partial charge in [-0.1, -0.05) is 30.3 Å². The molecular formula is C26H32N4O4. The van der Waals surface area contributed by atoms with E-state index < -0.39 is 11.6 Å². The van der Waals surface area contributed by atoms with Crippen LogP contribution in [0.25, 0.3) is 11.0 Å². The third-order valence-corrected chi connectivity index (χ3v) is 5.88. The third kappa shape index (κ3) is 5.39. The van der Waals surface area contributed by atoms with Gasteiger partial charge < -0.3 is 25.0 Å². The van der Waals surface area contributed by atoms with Gasteiger partial charge in [-0.2, -0.15) is 0 Å². The molecule has 34 heavy (non-hydrogen) atoms. The highest BCUT2D eigenvalue weighted by molar-refractivity contribution is 6.11. The lowest BCUT2D eigenvalue weighted by Gasteiger charge is -2.23. The zero-order valence-electron chi connectivity index (χ0n) is 20.1. The van der Waals surface area contributed by atoms with E-state index in [0.717, 1.165) is 24.1 Å². The predicted molar refractivity (Wildman–Crippen MR) is 132 cm³/mol. The van der Waals surface area contributed by atoms with Crippen LogP contribution in [0.5, 0.6) is 0 Å². The summed E-state index contributed by atoms with van der Waals surface area (Å²) in [5, 5.41) is 17.2. The van der Waals surface area contributed by atoms with Crippen LogP contribution >= 0.6 is 0 Å². The van der Waals surface area contributed by atoms with Gasteiger partial charge in [0.25, 0.3) is 0 Å². The number of nitrogens with one attached hydrogen (secondary N) is 2. The maximum absolute atomic E-state index is 12.9. The number of fused-ring (bicyclic) bond motifs is 1. The lowest BCUT2D eigenvalue weighted by molar-refractivity contribution is -0.117. The molecule has 1 aliphatic carbocycles. The first-order valence-corrected chi connectivity index (χ1v) is 11.6. The molecule has 0 aliphatic heterocycles. The number of aliphatic hydroxyl groups is 1. The van der Waals surface area contributed by atoms with Crippen molar-refractivity contribution in [1.82, 2.24) is 9.55 Å². The largest absolute Gasteiger partial charge is 0.464 e. The van der Waals surface area contributed by atoms with Gasteiger partial charge in [-0.15, -0.1) is 0 Å². The van der Waals surface area contributed by atoms with Crippen LogP contribution in [0.1, 0.15) is 56.1 Å². The molecule has 0 bridgehead atoms. The molecule has 1 aliphatic rings. The Bertz CT molecular complexity index is 1190. The number of anilines is 2. The second-order valence-electron chi connectivity index (χ2n) is 9.71. The lowest BCUT2D eigenvalue weighted by Crippen LogP contribution is -2.29. The van der Waals surface area contributed by atoms with Crippen LogP contribution in [-0.2, 0) is 16.1 Å². The number of carbonyl (C=O) groups is 2. The van der Waals surface area contributed by atoms with Crippen molar-refractivity contribution in [2.75, 3.05) is 17.7 Å². The number of aromatic nitrogens is 2. The van der Waals surface area contributed by atoms with Crippen LogP contribution in [0.15, 0.2) is 42.6 Å². The molecule has 1 aromatic carbocycles. The summed E-state index contributed by atoms with van der Waals surface area (Å²) in [7, 11) is 1.33. The molecule has 1 amide bonds. The number of carbonyl (C=O) groups excluding carboxylic acids is 2. The van der Waals surface area contributed by atoms with E-state index in [1.807, 2.05) is 43.3 Å². The molecule has 3 N–H and O–H groups in total. The Balaban J connectivity index is 1.81. The maximum Gasteiger partial charge on any atom is 0.356 e. The van der Waals surface area contributed by atoms with E-state index in [4.69, 9.17) is 4.74 Å². The molecule has 2 heterocycles. The molecule has 0 spiro atoms. The summed E-state index contributed by atoms with van der Waals surface area (Å²) in [6, 6.07) is 11.6.